The summed E-state index contributed by atoms with van der Waals surface area (Å²) in [5, 5.41) is 12.3. The maximum Gasteiger partial charge on any atom is 0.175 e. The summed E-state index contributed by atoms with van der Waals surface area (Å²) in [6.07, 6.45) is 1.73. The second-order valence-corrected chi connectivity index (χ2v) is 5.17. The molecule has 112 valence electrons. The lowest BCUT2D eigenvalue weighted by Gasteiger charge is -2.12. The van der Waals surface area contributed by atoms with Crippen LogP contribution in [0.5, 0.6) is 11.5 Å². The first kappa shape index (κ1) is 15.5. The Hall–Kier alpha value is -1.89. The second-order valence-electron chi connectivity index (χ2n) is 4.32. The van der Waals surface area contributed by atoms with Crippen molar-refractivity contribution in [3.8, 4) is 11.5 Å². The van der Waals surface area contributed by atoms with Crippen LogP contribution in [-0.4, -0.2) is 34.8 Å². The second kappa shape index (κ2) is 6.71. The van der Waals surface area contributed by atoms with E-state index in [1.807, 2.05) is 32.9 Å². The van der Waals surface area contributed by atoms with Gasteiger partial charge in [-0.15, -0.1) is 10.2 Å². The molecule has 0 aliphatic carbocycles. The molecule has 2 aromatic rings. The summed E-state index contributed by atoms with van der Waals surface area (Å²) in [6, 6.07) is 3.79. The van der Waals surface area contributed by atoms with E-state index in [1.54, 1.807) is 18.0 Å². The van der Waals surface area contributed by atoms with Crippen molar-refractivity contribution in [2.75, 3.05) is 13.7 Å². The van der Waals surface area contributed by atoms with E-state index in [0.717, 1.165) is 21.7 Å². The maximum atomic E-state index is 5.56. The molecule has 7 heteroatoms. The Labute approximate surface area is 131 Å². The maximum absolute atomic E-state index is 5.56. The van der Waals surface area contributed by atoms with Gasteiger partial charge in [0.25, 0.3) is 0 Å². The standard InChI is InChI=1S/C14H17BrN4O2/c1-5-21-14-12(15)6-11(7-13(14)20-4)8-16-19-9(2)17-18-10(19)3/h6-8H,5H2,1-4H3/b16-8-. The summed E-state index contributed by atoms with van der Waals surface area (Å²) in [7, 11) is 1.61. The van der Waals surface area contributed by atoms with Crippen molar-refractivity contribution >= 4 is 22.1 Å². The summed E-state index contributed by atoms with van der Waals surface area (Å²) in [5.41, 5.74) is 0.884. The summed E-state index contributed by atoms with van der Waals surface area (Å²) >= 11 is 3.49. The zero-order valence-electron chi connectivity index (χ0n) is 12.4. The van der Waals surface area contributed by atoms with Gasteiger partial charge in [0.2, 0.25) is 0 Å². The summed E-state index contributed by atoms with van der Waals surface area (Å²) < 4.78 is 13.4. The van der Waals surface area contributed by atoms with Crippen LogP contribution in [0, 0.1) is 13.8 Å². The molecule has 1 aromatic heterocycles. The molecular weight excluding hydrogens is 336 g/mol. The fourth-order valence-electron chi connectivity index (χ4n) is 1.85. The summed E-state index contributed by atoms with van der Waals surface area (Å²) in [6.45, 7) is 6.21. The highest BCUT2D eigenvalue weighted by Gasteiger charge is 2.10. The smallest absolute Gasteiger partial charge is 0.175 e. The molecule has 0 fully saturated rings. The molecule has 1 heterocycles. The molecule has 0 spiro atoms. The predicted octanol–water partition coefficient (Wildman–Crippen LogP) is 2.95. The highest BCUT2D eigenvalue weighted by atomic mass is 79.9. The van der Waals surface area contributed by atoms with E-state index in [2.05, 4.69) is 31.2 Å². The number of aromatic nitrogens is 3. The quantitative estimate of drug-likeness (QED) is 0.776. The zero-order valence-corrected chi connectivity index (χ0v) is 14.0. The van der Waals surface area contributed by atoms with Crippen LogP contribution < -0.4 is 9.47 Å². The molecule has 0 saturated heterocycles. The van der Waals surface area contributed by atoms with E-state index < -0.39 is 0 Å². The number of ether oxygens (including phenoxy) is 2. The number of methoxy groups -OCH3 is 1. The normalized spacial score (nSPS) is 11.1. The van der Waals surface area contributed by atoms with Gasteiger partial charge in [0.05, 0.1) is 24.4 Å². The highest BCUT2D eigenvalue weighted by Crippen LogP contribution is 2.36. The fourth-order valence-corrected chi connectivity index (χ4v) is 2.43. The van der Waals surface area contributed by atoms with Gasteiger partial charge in [-0.05, 0) is 54.4 Å². The largest absolute Gasteiger partial charge is 0.493 e. The monoisotopic (exact) mass is 352 g/mol. The van der Waals surface area contributed by atoms with E-state index in [-0.39, 0.29) is 0 Å². The van der Waals surface area contributed by atoms with E-state index >= 15 is 0 Å². The van der Waals surface area contributed by atoms with Gasteiger partial charge in [0.1, 0.15) is 0 Å². The lowest BCUT2D eigenvalue weighted by Crippen LogP contribution is -1.99. The molecule has 0 atom stereocenters. The Balaban J connectivity index is 2.35. The number of hydrogen-bond donors (Lipinski definition) is 0. The number of rotatable bonds is 5. The highest BCUT2D eigenvalue weighted by molar-refractivity contribution is 9.10. The molecule has 0 amide bonds. The Morgan fingerprint density at radius 1 is 1.29 bits per heavy atom. The molecule has 0 saturated carbocycles. The van der Waals surface area contributed by atoms with Crippen LogP contribution in [0.1, 0.15) is 24.1 Å². The molecule has 0 bridgehead atoms. The summed E-state index contributed by atoms with van der Waals surface area (Å²) in [4.78, 5) is 0. The van der Waals surface area contributed by atoms with Crippen LogP contribution in [0.15, 0.2) is 21.7 Å². The van der Waals surface area contributed by atoms with Crippen molar-refractivity contribution in [3.63, 3.8) is 0 Å². The van der Waals surface area contributed by atoms with Gasteiger partial charge in [-0.2, -0.15) is 5.10 Å². The van der Waals surface area contributed by atoms with Crippen LogP contribution in [0.2, 0.25) is 0 Å². The van der Waals surface area contributed by atoms with Crippen molar-refractivity contribution in [2.45, 2.75) is 20.8 Å². The predicted molar refractivity (Wildman–Crippen MR) is 84.4 cm³/mol. The molecule has 0 radical (unpaired) electrons. The lowest BCUT2D eigenvalue weighted by molar-refractivity contribution is 0.309. The first-order valence-electron chi connectivity index (χ1n) is 6.50. The average Bonchev–Trinajstić information content (AvgIpc) is 2.78. The number of benzene rings is 1. The Kier molecular flexibility index (Phi) is 4.95. The SMILES string of the molecule is CCOc1c(Br)cc(/C=N\n2c(C)nnc2C)cc1OC. The van der Waals surface area contributed by atoms with Crippen LogP contribution in [0.4, 0.5) is 0 Å². The molecule has 2 rings (SSSR count). The van der Waals surface area contributed by atoms with Crippen LogP contribution in [0.3, 0.4) is 0 Å². The Morgan fingerprint density at radius 2 is 1.95 bits per heavy atom. The molecular formula is C14H17BrN4O2. The van der Waals surface area contributed by atoms with Gasteiger partial charge in [-0.1, -0.05) is 0 Å². The van der Waals surface area contributed by atoms with Crippen LogP contribution >= 0.6 is 15.9 Å². The molecule has 0 N–H and O–H groups in total. The first-order valence-corrected chi connectivity index (χ1v) is 7.29. The minimum atomic E-state index is 0.571. The van der Waals surface area contributed by atoms with Gasteiger partial charge in [-0.25, -0.2) is 4.68 Å². The minimum Gasteiger partial charge on any atom is -0.493 e. The average molecular weight is 353 g/mol. The minimum absolute atomic E-state index is 0.571. The van der Waals surface area contributed by atoms with E-state index in [4.69, 9.17) is 9.47 Å². The number of aryl methyl sites for hydroxylation is 2. The van der Waals surface area contributed by atoms with Gasteiger partial charge in [0.15, 0.2) is 23.1 Å². The zero-order chi connectivity index (χ0) is 15.4. The first-order chi connectivity index (χ1) is 10.1. The lowest BCUT2D eigenvalue weighted by atomic mass is 10.2. The summed E-state index contributed by atoms with van der Waals surface area (Å²) in [5.74, 6) is 2.82. The molecule has 21 heavy (non-hydrogen) atoms. The van der Waals surface area contributed by atoms with Crippen molar-refractivity contribution < 1.29 is 9.47 Å². The topological polar surface area (TPSA) is 61.5 Å². The van der Waals surface area contributed by atoms with Gasteiger partial charge in [0, 0.05) is 0 Å². The van der Waals surface area contributed by atoms with Gasteiger partial charge >= 0.3 is 0 Å². The Morgan fingerprint density at radius 3 is 2.52 bits per heavy atom. The van der Waals surface area contributed by atoms with Crippen molar-refractivity contribution in [1.29, 1.82) is 0 Å². The van der Waals surface area contributed by atoms with Gasteiger partial charge in [-0.3, -0.25) is 0 Å². The molecule has 6 nitrogen and oxygen atoms in total. The van der Waals surface area contributed by atoms with Crippen molar-refractivity contribution in [2.24, 2.45) is 5.10 Å². The fraction of sp³-hybridized carbons (Fsp3) is 0.357. The molecule has 1 aromatic carbocycles. The third kappa shape index (κ3) is 3.41. The number of hydrogen-bond acceptors (Lipinski definition) is 5. The van der Waals surface area contributed by atoms with Crippen molar-refractivity contribution in [1.82, 2.24) is 14.9 Å². The van der Waals surface area contributed by atoms with E-state index in [1.165, 1.54) is 0 Å². The third-order valence-electron chi connectivity index (χ3n) is 2.82. The molecule has 0 unspecified atom stereocenters. The van der Waals surface area contributed by atoms with Crippen LogP contribution in [0.25, 0.3) is 0 Å². The van der Waals surface area contributed by atoms with Gasteiger partial charge < -0.3 is 9.47 Å². The number of halogens is 1. The Bertz CT molecular complexity index is 648. The van der Waals surface area contributed by atoms with E-state index in [0.29, 0.717) is 18.1 Å². The van der Waals surface area contributed by atoms with E-state index in [9.17, 15) is 0 Å². The third-order valence-corrected chi connectivity index (χ3v) is 3.40. The molecule has 0 aliphatic heterocycles. The van der Waals surface area contributed by atoms with Crippen LogP contribution in [-0.2, 0) is 0 Å². The molecule has 0 aliphatic rings. The number of nitrogens with zero attached hydrogens (tertiary/aromatic N) is 4. The van der Waals surface area contributed by atoms with Crippen molar-refractivity contribution in [3.05, 3.63) is 33.8 Å².